The molecule has 94 valence electrons. The highest BCUT2D eigenvalue weighted by Gasteiger charge is 2.25. The van der Waals surface area contributed by atoms with Gasteiger partial charge >= 0.3 is 5.97 Å². The first kappa shape index (κ1) is 13.5. The van der Waals surface area contributed by atoms with E-state index in [0.29, 0.717) is 0 Å². The highest BCUT2D eigenvalue weighted by molar-refractivity contribution is 5.94. The average molecular weight is 236 g/mol. The van der Waals surface area contributed by atoms with Gasteiger partial charge in [-0.2, -0.15) is 0 Å². The molecule has 0 radical (unpaired) electrons. The van der Waals surface area contributed by atoms with E-state index >= 15 is 0 Å². The Morgan fingerprint density at radius 2 is 2.12 bits per heavy atom. The third-order valence-corrected chi connectivity index (χ3v) is 3.38. The summed E-state index contributed by atoms with van der Waals surface area (Å²) < 4.78 is 0. The Kier molecular flexibility index (Phi) is 3.76. The maximum Gasteiger partial charge on any atom is 0.339 e. The van der Waals surface area contributed by atoms with Crippen molar-refractivity contribution in [3.63, 3.8) is 0 Å². The van der Waals surface area contributed by atoms with Gasteiger partial charge in [-0.05, 0) is 33.3 Å². The summed E-state index contributed by atoms with van der Waals surface area (Å²) >= 11 is 0. The van der Waals surface area contributed by atoms with Crippen molar-refractivity contribution in [2.24, 2.45) is 0 Å². The molecule has 0 amide bonds. The van der Waals surface area contributed by atoms with Gasteiger partial charge in [0.25, 0.3) is 0 Å². The number of rotatable bonds is 4. The van der Waals surface area contributed by atoms with Crippen molar-refractivity contribution in [2.45, 2.75) is 39.7 Å². The van der Waals surface area contributed by atoms with Gasteiger partial charge in [0.2, 0.25) is 0 Å². The average Bonchev–Trinajstić information content (AvgIpc) is 2.27. The third-order valence-electron chi connectivity index (χ3n) is 3.38. The van der Waals surface area contributed by atoms with E-state index in [1.165, 1.54) is 6.20 Å². The summed E-state index contributed by atoms with van der Waals surface area (Å²) in [6, 6.07) is 1.82. The monoisotopic (exact) mass is 236 g/mol. The Morgan fingerprint density at radius 3 is 2.59 bits per heavy atom. The summed E-state index contributed by atoms with van der Waals surface area (Å²) in [5.74, 6) is -0.939. The molecule has 1 heterocycles. The molecule has 1 N–H and O–H groups in total. The maximum absolute atomic E-state index is 11.2. The first-order valence-electron chi connectivity index (χ1n) is 5.73. The van der Waals surface area contributed by atoms with Crippen molar-refractivity contribution in [1.82, 2.24) is 4.98 Å². The number of aromatic carboxylic acids is 1. The van der Waals surface area contributed by atoms with E-state index in [1.807, 2.05) is 24.9 Å². The molecule has 0 unspecified atom stereocenters. The van der Waals surface area contributed by atoms with E-state index in [4.69, 9.17) is 0 Å². The third kappa shape index (κ3) is 2.75. The van der Waals surface area contributed by atoms with Gasteiger partial charge < -0.3 is 10.0 Å². The van der Waals surface area contributed by atoms with E-state index in [-0.39, 0.29) is 11.1 Å². The SMILES string of the molecule is CCC(C)(C)N(C)c1cc(C)ncc1C(=O)O. The lowest BCUT2D eigenvalue weighted by Crippen LogP contribution is -2.41. The van der Waals surface area contributed by atoms with Crippen molar-refractivity contribution in [2.75, 3.05) is 11.9 Å². The zero-order chi connectivity index (χ0) is 13.2. The van der Waals surface area contributed by atoms with Crippen LogP contribution in [0.5, 0.6) is 0 Å². The van der Waals surface area contributed by atoms with Crippen LogP contribution in [0.2, 0.25) is 0 Å². The van der Waals surface area contributed by atoms with E-state index in [9.17, 15) is 9.90 Å². The number of hydrogen-bond donors (Lipinski definition) is 1. The number of aryl methyl sites for hydroxylation is 1. The van der Waals surface area contributed by atoms with Crippen molar-refractivity contribution in [1.29, 1.82) is 0 Å². The normalized spacial score (nSPS) is 11.4. The van der Waals surface area contributed by atoms with Crippen LogP contribution in [-0.2, 0) is 0 Å². The van der Waals surface area contributed by atoms with Gasteiger partial charge in [-0.15, -0.1) is 0 Å². The first-order chi connectivity index (χ1) is 7.79. The number of carbonyl (C=O) groups is 1. The Labute approximate surface area is 102 Å². The Hall–Kier alpha value is -1.58. The van der Waals surface area contributed by atoms with Crippen LogP contribution in [0.4, 0.5) is 5.69 Å². The van der Waals surface area contributed by atoms with Gasteiger partial charge in [0.1, 0.15) is 5.56 Å². The molecule has 0 spiro atoms. The molecule has 1 aromatic rings. The van der Waals surface area contributed by atoms with Crippen LogP contribution in [0.3, 0.4) is 0 Å². The lowest BCUT2D eigenvalue weighted by molar-refractivity contribution is 0.0697. The fourth-order valence-corrected chi connectivity index (χ4v) is 1.55. The summed E-state index contributed by atoms with van der Waals surface area (Å²) in [5, 5.41) is 9.18. The number of anilines is 1. The minimum Gasteiger partial charge on any atom is -0.478 e. The second kappa shape index (κ2) is 4.73. The minimum absolute atomic E-state index is 0.0853. The second-order valence-electron chi connectivity index (χ2n) is 4.87. The van der Waals surface area contributed by atoms with Crippen molar-refractivity contribution in [3.8, 4) is 0 Å². The van der Waals surface area contributed by atoms with E-state index < -0.39 is 5.97 Å². The summed E-state index contributed by atoms with van der Waals surface area (Å²) in [6.45, 7) is 8.13. The Morgan fingerprint density at radius 1 is 1.53 bits per heavy atom. The summed E-state index contributed by atoms with van der Waals surface area (Å²) in [6.07, 6.45) is 2.36. The fraction of sp³-hybridized carbons (Fsp3) is 0.538. The van der Waals surface area contributed by atoms with Gasteiger partial charge in [-0.3, -0.25) is 4.98 Å². The Bertz CT molecular complexity index is 427. The van der Waals surface area contributed by atoms with Crippen LogP contribution in [-0.4, -0.2) is 28.6 Å². The Balaban J connectivity index is 3.29. The number of nitrogens with zero attached hydrogens (tertiary/aromatic N) is 2. The summed E-state index contributed by atoms with van der Waals surface area (Å²) in [7, 11) is 1.92. The van der Waals surface area contributed by atoms with Gasteiger partial charge in [0, 0.05) is 24.5 Å². The predicted octanol–water partition coefficient (Wildman–Crippen LogP) is 2.71. The highest BCUT2D eigenvalue weighted by atomic mass is 16.4. The molecule has 1 aromatic heterocycles. The van der Waals surface area contributed by atoms with Crippen molar-refractivity contribution < 1.29 is 9.90 Å². The van der Waals surface area contributed by atoms with E-state index in [2.05, 4.69) is 25.8 Å². The molecule has 1 rings (SSSR count). The maximum atomic E-state index is 11.2. The molecule has 0 atom stereocenters. The molecule has 0 saturated carbocycles. The zero-order valence-electron chi connectivity index (χ0n) is 11.1. The van der Waals surface area contributed by atoms with Crippen LogP contribution in [0.25, 0.3) is 0 Å². The minimum atomic E-state index is -0.939. The number of hydrogen-bond acceptors (Lipinski definition) is 3. The molecule has 0 aliphatic heterocycles. The van der Waals surface area contributed by atoms with Crippen LogP contribution in [0, 0.1) is 6.92 Å². The molecule has 0 aromatic carbocycles. The second-order valence-corrected chi connectivity index (χ2v) is 4.87. The molecule has 4 heteroatoms. The van der Waals surface area contributed by atoms with E-state index in [0.717, 1.165) is 17.8 Å². The standard InChI is InChI=1S/C13H20N2O2/c1-6-13(3,4)15(5)11-7-9(2)14-8-10(11)12(16)17/h7-8H,6H2,1-5H3,(H,16,17). The largest absolute Gasteiger partial charge is 0.478 e. The zero-order valence-corrected chi connectivity index (χ0v) is 11.1. The van der Waals surface area contributed by atoms with Crippen LogP contribution >= 0.6 is 0 Å². The number of aromatic nitrogens is 1. The quantitative estimate of drug-likeness (QED) is 0.873. The van der Waals surface area contributed by atoms with Crippen molar-refractivity contribution in [3.05, 3.63) is 23.5 Å². The first-order valence-corrected chi connectivity index (χ1v) is 5.73. The lowest BCUT2D eigenvalue weighted by Gasteiger charge is -2.37. The van der Waals surface area contributed by atoms with Crippen LogP contribution in [0.1, 0.15) is 43.2 Å². The van der Waals surface area contributed by atoms with Gasteiger partial charge in [-0.1, -0.05) is 6.92 Å². The molecule has 0 saturated heterocycles. The smallest absolute Gasteiger partial charge is 0.339 e. The van der Waals surface area contributed by atoms with E-state index in [1.54, 1.807) is 0 Å². The van der Waals surface area contributed by atoms with Crippen LogP contribution in [0.15, 0.2) is 12.3 Å². The number of carboxylic acid groups (broad SMARTS) is 1. The van der Waals surface area contributed by atoms with Crippen LogP contribution < -0.4 is 4.90 Å². The molecular weight excluding hydrogens is 216 g/mol. The molecule has 0 bridgehead atoms. The topological polar surface area (TPSA) is 53.4 Å². The predicted molar refractivity (Wildman–Crippen MR) is 68.7 cm³/mol. The van der Waals surface area contributed by atoms with Gasteiger partial charge in [0.05, 0.1) is 5.69 Å². The number of carboxylic acids is 1. The van der Waals surface area contributed by atoms with Crippen molar-refractivity contribution >= 4 is 11.7 Å². The highest BCUT2D eigenvalue weighted by Crippen LogP contribution is 2.28. The fourth-order valence-electron chi connectivity index (χ4n) is 1.55. The summed E-state index contributed by atoms with van der Waals surface area (Å²) in [4.78, 5) is 17.2. The number of pyridine rings is 1. The van der Waals surface area contributed by atoms with Gasteiger partial charge in [0.15, 0.2) is 0 Å². The molecule has 0 aliphatic carbocycles. The van der Waals surface area contributed by atoms with Gasteiger partial charge in [-0.25, -0.2) is 4.79 Å². The lowest BCUT2D eigenvalue weighted by atomic mass is 9.98. The molecule has 4 nitrogen and oxygen atoms in total. The molecular formula is C13H20N2O2. The molecule has 17 heavy (non-hydrogen) atoms. The molecule has 0 aliphatic rings. The summed E-state index contributed by atoms with van der Waals surface area (Å²) in [5.41, 5.74) is 1.71. The molecule has 0 fully saturated rings.